The molecule has 2 atom stereocenters. The van der Waals surface area contributed by atoms with Crippen molar-refractivity contribution < 1.29 is 9.00 Å². The van der Waals surface area contributed by atoms with Gasteiger partial charge >= 0.3 is 0 Å². The van der Waals surface area contributed by atoms with E-state index in [1.54, 1.807) is 6.92 Å². The van der Waals surface area contributed by atoms with E-state index in [2.05, 4.69) is 5.32 Å². The zero-order valence-corrected chi connectivity index (χ0v) is 13.0. The van der Waals surface area contributed by atoms with Crippen molar-refractivity contribution in [2.75, 3.05) is 0 Å². The van der Waals surface area contributed by atoms with E-state index in [0.29, 0.717) is 11.8 Å². The lowest BCUT2D eigenvalue weighted by Crippen LogP contribution is -2.40. The van der Waals surface area contributed by atoms with Crippen LogP contribution in [0, 0.1) is 6.92 Å². The summed E-state index contributed by atoms with van der Waals surface area (Å²) in [7, 11) is -1.17. The summed E-state index contributed by atoms with van der Waals surface area (Å²) in [5.41, 5.74) is 2.19. The number of hydrogen-bond donors (Lipinski definition) is 1. The topological polar surface area (TPSA) is 46.2 Å². The fourth-order valence-electron chi connectivity index (χ4n) is 2.60. The van der Waals surface area contributed by atoms with Gasteiger partial charge in [-0.3, -0.25) is 9.00 Å². The molecule has 20 heavy (non-hydrogen) atoms. The molecule has 1 aromatic carbocycles. The minimum Gasteiger partial charge on any atom is -0.352 e. The van der Waals surface area contributed by atoms with Gasteiger partial charge in [-0.15, -0.1) is 0 Å². The summed E-state index contributed by atoms with van der Waals surface area (Å²) in [6, 6.07) is 8.26. The van der Waals surface area contributed by atoms with E-state index in [4.69, 9.17) is 0 Å². The fraction of sp³-hybridized carbons (Fsp3) is 0.562. The van der Waals surface area contributed by atoms with Crippen LogP contribution in [-0.4, -0.2) is 21.4 Å². The second kappa shape index (κ2) is 7.02. The highest BCUT2D eigenvalue weighted by atomic mass is 32.2. The lowest BCUT2D eigenvalue weighted by atomic mass is 10.2. The van der Waals surface area contributed by atoms with Crippen LogP contribution < -0.4 is 5.32 Å². The van der Waals surface area contributed by atoms with Crippen LogP contribution >= 0.6 is 0 Å². The van der Waals surface area contributed by atoms with Crippen molar-refractivity contribution in [3.05, 3.63) is 35.4 Å². The number of rotatable bonds is 5. The Morgan fingerprint density at radius 1 is 1.40 bits per heavy atom. The lowest BCUT2D eigenvalue weighted by molar-refractivity contribution is -0.121. The molecule has 0 heterocycles. The largest absolute Gasteiger partial charge is 0.352 e. The van der Waals surface area contributed by atoms with E-state index in [9.17, 15) is 9.00 Å². The smallest absolute Gasteiger partial charge is 0.235 e. The SMILES string of the molecule is Cc1cccc(CS(=O)C(C)C(=O)NC2CCCC2)c1. The van der Waals surface area contributed by atoms with Crippen molar-refractivity contribution in [1.29, 1.82) is 0 Å². The molecule has 1 aromatic rings. The minimum absolute atomic E-state index is 0.0668. The zero-order chi connectivity index (χ0) is 14.5. The van der Waals surface area contributed by atoms with Gasteiger partial charge in [0.1, 0.15) is 5.25 Å². The zero-order valence-electron chi connectivity index (χ0n) is 12.2. The van der Waals surface area contributed by atoms with Gasteiger partial charge in [0.15, 0.2) is 0 Å². The summed E-state index contributed by atoms with van der Waals surface area (Å²) in [6.45, 7) is 3.78. The molecular weight excluding hydrogens is 270 g/mol. The number of aryl methyl sites for hydroxylation is 1. The maximum atomic E-state index is 12.3. The van der Waals surface area contributed by atoms with Crippen LogP contribution in [0.3, 0.4) is 0 Å². The van der Waals surface area contributed by atoms with Crippen molar-refractivity contribution in [2.24, 2.45) is 0 Å². The molecule has 1 aliphatic carbocycles. The van der Waals surface area contributed by atoms with E-state index in [1.807, 2.05) is 31.2 Å². The highest BCUT2D eigenvalue weighted by molar-refractivity contribution is 7.85. The molecule has 110 valence electrons. The van der Waals surface area contributed by atoms with Gasteiger partial charge in [-0.25, -0.2) is 0 Å². The summed E-state index contributed by atoms with van der Waals surface area (Å²) in [5, 5.41) is 2.58. The molecule has 4 heteroatoms. The molecule has 0 radical (unpaired) electrons. The Hall–Kier alpha value is -1.16. The molecular formula is C16H23NO2S. The van der Waals surface area contributed by atoms with Gasteiger partial charge in [-0.2, -0.15) is 0 Å². The minimum atomic E-state index is -1.17. The Kier molecular flexibility index (Phi) is 5.35. The van der Waals surface area contributed by atoms with E-state index >= 15 is 0 Å². The molecule has 1 amide bonds. The first-order chi connectivity index (χ1) is 9.56. The fourth-order valence-corrected chi connectivity index (χ4v) is 3.66. The summed E-state index contributed by atoms with van der Waals surface area (Å²) in [5.74, 6) is 0.379. The molecule has 2 rings (SSSR count). The number of hydrogen-bond acceptors (Lipinski definition) is 2. The van der Waals surface area contributed by atoms with Crippen LogP contribution in [0.2, 0.25) is 0 Å². The normalized spacial score (nSPS) is 18.7. The summed E-state index contributed by atoms with van der Waals surface area (Å²) in [4.78, 5) is 12.1. The Labute approximate surface area is 123 Å². The summed E-state index contributed by atoms with van der Waals surface area (Å²) < 4.78 is 12.3. The third-order valence-corrected chi connectivity index (χ3v) is 5.48. The maximum Gasteiger partial charge on any atom is 0.235 e. The first kappa shape index (κ1) is 15.2. The van der Waals surface area contributed by atoms with Crippen molar-refractivity contribution in [3.63, 3.8) is 0 Å². The van der Waals surface area contributed by atoms with Crippen LogP contribution in [0.25, 0.3) is 0 Å². The van der Waals surface area contributed by atoms with Crippen LogP contribution in [0.5, 0.6) is 0 Å². The summed E-state index contributed by atoms with van der Waals surface area (Å²) in [6.07, 6.45) is 4.49. The van der Waals surface area contributed by atoms with Gasteiger partial charge in [0, 0.05) is 22.6 Å². The average Bonchev–Trinajstić information content (AvgIpc) is 2.90. The Morgan fingerprint density at radius 2 is 2.10 bits per heavy atom. The number of benzene rings is 1. The van der Waals surface area contributed by atoms with E-state index in [-0.39, 0.29) is 5.91 Å². The molecule has 0 saturated heterocycles. The molecule has 1 saturated carbocycles. The van der Waals surface area contributed by atoms with Gasteiger partial charge in [0.05, 0.1) is 0 Å². The van der Waals surface area contributed by atoms with Crippen molar-refractivity contribution in [2.45, 2.75) is 56.6 Å². The maximum absolute atomic E-state index is 12.3. The van der Waals surface area contributed by atoms with Gasteiger partial charge in [0.2, 0.25) is 5.91 Å². The highest BCUT2D eigenvalue weighted by Gasteiger charge is 2.24. The Balaban J connectivity index is 1.89. The summed E-state index contributed by atoms with van der Waals surface area (Å²) >= 11 is 0. The predicted molar refractivity (Wildman–Crippen MR) is 82.9 cm³/mol. The number of nitrogens with one attached hydrogen (secondary N) is 1. The van der Waals surface area contributed by atoms with Crippen LogP contribution in [0.1, 0.15) is 43.7 Å². The van der Waals surface area contributed by atoms with Gasteiger partial charge in [-0.05, 0) is 32.3 Å². The first-order valence-electron chi connectivity index (χ1n) is 7.29. The van der Waals surface area contributed by atoms with Crippen LogP contribution in [0.4, 0.5) is 0 Å². The molecule has 1 aliphatic rings. The third-order valence-electron chi connectivity index (χ3n) is 3.86. The van der Waals surface area contributed by atoms with E-state index in [1.165, 1.54) is 12.8 Å². The van der Waals surface area contributed by atoms with E-state index < -0.39 is 16.0 Å². The predicted octanol–water partition coefficient (Wildman–Crippen LogP) is 2.69. The molecule has 2 unspecified atom stereocenters. The lowest BCUT2D eigenvalue weighted by Gasteiger charge is -2.16. The molecule has 0 aromatic heterocycles. The monoisotopic (exact) mass is 293 g/mol. The molecule has 0 aliphatic heterocycles. The van der Waals surface area contributed by atoms with Crippen LogP contribution in [0.15, 0.2) is 24.3 Å². The van der Waals surface area contributed by atoms with Gasteiger partial charge < -0.3 is 5.32 Å². The van der Waals surface area contributed by atoms with Gasteiger partial charge in [0.25, 0.3) is 0 Å². The number of carbonyl (C=O) groups is 1. The van der Waals surface area contributed by atoms with E-state index in [0.717, 1.165) is 24.0 Å². The molecule has 3 nitrogen and oxygen atoms in total. The second-order valence-electron chi connectivity index (χ2n) is 5.65. The Bertz CT molecular complexity index is 495. The molecule has 1 fully saturated rings. The van der Waals surface area contributed by atoms with Crippen molar-refractivity contribution in [3.8, 4) is 0 Å². The van der Waals surface area contributed by atoms with Gasteiger partial charge in [-0.1, -0.05) is 42.7 Å². The number of amides is 1. The molecule has 0 spiro atoms. The quantitative estimate of drug-likeness (QED) is 0.907. The second-order valence-corrected chi connectivity index (χ2v) is 7.40. The number of carbonyl (C=O) groups excluding carboxylic acids is 1. The average molecular weight is 293 g/mol. The standard InChI is InChI=1S/C16H23NO2S/c1-12-6-5-7-14(10-12)11-20(19)13(2)16(18)17-15-8-3-4-9-15/h5-7,10,13,15H,3-4,8-9,11H2,1-2H3,(H,17,18). The molecule has 0 bridgehead atoms. The third kappa shape index (κ3) is 4.17. The van der Waals surface area contributed by atoms with Crippen molar-refractivity contribution in [1.82, 2.24) is 5.32 Å². The Morgan fingerprint density at radius 3 is 2.75 bits per heavy atom. The van der Waals surface area contributed by atoms with Crippen LogP contribution in [-0.2, 0) is 21.3 Å². The first-order valence-corrected chi connectivity index (χ1v) is 8.67. The van der Waals surface area contributed by atoms with Crippen molar-refractivity contribution >= 4 is 16.7 Å². The highest BCUT2D eigenvalue weighted by Crippen LogP contribution is 2.18. The molecule has 1 N–H and O–H groups in total.